The Hall–Kier alpha value is -3.45. The highest BCUT2D eigenvalue weighted by Gasteiger charge is 2.21. The van der Waals surface area contributed by atoms with Crippen LogP contribution in [0, 0.1) is 0 Å². The van der Waals surface area contributed by atoms with E-state index in [4.69, 9.17) is 9.72 Å². The first-order chi connectivity index (χ1) is 16.2. The van der Waals surface area contributed by atoms with Crippen molar-refractivity contribution in [3.05, 3.63) is 59.8 Å². The van der Waals surface area contributed by atoms with E-state index in [0.29, 0.717) is 5.95 Å². The highest BCUT2D eigenvalue weighted by Crippen LogP contribution is 2.34. The Bertz CT molecular complexity index is 1160. The molecule has 2 aromatic carbocycles. The molecule has 2 aliphatic rings. The van der Waals surface area contributed by atoms with Gasteiger partial charge in [0.2, 0.25) is 11.9 Å². The number of rotatable bonds is 7. The molecule has 5 rings (SSSR count). The quantitative estimate of drug-likeness (QED) is 0.563. The molecule has 1 amide bonds. The van der Waals surface area contributed by atoms with Gasteiger partial charge in [-0.25, -0.2) is 9.97 Å². The summed E-state index contributed by atoms with van der Waals surface area (Å²) in [5.41, 5.74) is 5.48. The molecule has 3 heterocycles. The molecule has 170 valence electrons. The van der Waals surface area contributed by atoms with Crippen LogP contribution in [0.3, 0.4) is 0 Å². The number of nitrogens with zero attached hydrogens (tertiary/aromatic N) is 3. The standard InChI is InChI=1S/C26H29N5O2/c1-33-21-8-4-7-20(16-21)28-26-27-17-19-15-24(32)29-23-10-9-18(14-22(23)25(19)30-26)6-5-13-31-11-2-3-12-31/h4,7-10,14,16-17H,2-3,5-6,11-13,15H2,1H3,(H,29,32)(H,27,28,30). The molecule has 0 atom stereocenters. The normalized spacial score (nSPS) is 15.4. The minimum Gasteiger partial charge on any atom is -0.497 e. The number of nitrogens with one attached hydrogen (secondary N) is 2. The van der Waals surface area contributed by atoms with Gasteiger partial charge < -0.3 is 20.3 Å². The van der Waals surface area contributed by atoms with Crippen LogP contribution >= 0.6 is 0 Å². The van der Waals surface area contributed by atoms with E-state index in [-0.39, 0.29) is 12.3 Å². The Balaban J connectivity index is 1.41. The van der Waals surface area contributed by atoms with Gasteiger partial charge in [0.05, 0.1) is 24.9 Å². The first kappa shape index (κ1) is 21.4. The molecule has 0 spiro atoms. The molecule has 2 N–H and O–H groups in total. The number of carbonyl (C=O) groups excluding carboxylic acids is 1. The molecule has 1 fully saturated rings. The van der Waals surface area contributed by atoms with Crippen LogP contribution in [0.15, 0.2) is 48.7 Å². The van der Waals surface area contributed by atoms with Crippen LogP contribution in [0.25, 0.3) is 11.3 Å². The number of amides is 1. The maximum Gasteiger partial charge on any atom is 0.228 e. The van der Waals surface area contributed by atoms with Gasteiger partial charge in [0, 0.05) is 29.1 Å². The topological polar surface area (TPSA) is 79.4 Å². The monoisotopic (exact) mass is 443 g/mol. The van der Waals surface area contributed by atoms with Crippen molar-refractivity contribution in [3.63, 3.8) is 0 Å². The lowest BCUT2D eigenvalue weighted by Crippen LogP contribution is -2.20. The number of hydrogen-bond acceptors (Lipinski definition) is 6. The summed E-state index contributed by atoms with van der Waals surface area (Å²) in [6.45, 7) is 3.59. The van der Waals surface area contributed by atoms with Gasteiger partial charge in [-0.2, -0.15) is 0 Å². The summed E-state index contributed by atoms with van der Waals surface area (Å²) in [6, 6.07) is 13.9. The minimum absolute atomic E-state index is 0.0473. The third-order valence-electron chi connectivity index (χ3n) is 6.29. The van der Waals surface area contributed by atoms with E-state index in [2.05, 4.69) is 32.7 Å². The van der Waals surface area contributed by atoms with Gasteiger partial charge in [-0.3, -0.25) is 4.79 Å². The average molecular weight is 444 g/mol. The van der Waals surface area contributed by atoms with Crippen molar-refractivity contribution in [2.75, 3.05) is 37.4 Å². The zero-order valence-electron chi connectivity index (χ0n) is 18.9. The number of aromatic nitrogens is 2. The number of hydrogen-bond donors (Lipinski definition) is 2. The average Bonchev–Trinajstić information content (AvgIpc) is 3.30. The maximum atomic E-state index is 12.5. The number of ether oxygens (including phenoxy) is 1. The van der Waals surface area contributed by atoms with Crippen molar-refractivity contribution in [2.45, 2.75) is 32.1 Å². The number of anilines is 3. The third-order valence-corrected chi connectivity index (χ3v) is 6.29. The molecule has 3 aromatic rings. The molecule has 0 radical (unpaired) electrons. The molecule has 2 aliphatic heterocycles. The van der Waals surface area contributed by atoms with Gasteiger partial charge in [0.25, 0.3) is 0 Å². The third kappa shape index (κ3) is 4.98. The molecule has 33 heavy (non-hydrogen) atoms. The minimum atomic E-state index is -0.0473. The second-order valence-corrected chi connectivity index (χ2v) is 8.68. The van der Waals surface area contributed by atoms with E-state index in [9.17, 15) is 4.79 Å². The van der Waals surface area contributed by atoms with Crippen LogP contribution in [0.4, 0.5) is 17.3 Å². The van der Waals surface area contributed by atoms with Crippen molar-refractivity contribution in [1.82, 2.24) is 14.9 Å². The van der Waals surface area contributed by atoms with Crippen molar-refractivity contribution in [2.24, 2.45) is 0 Å². The molecule has 0 bridgehead atoms. The van der Waals surface area contributed by atoms with E-state index in [0.717, 1.165) is 53.3 Å². The van der Waals surface area contributed by atoms with Crippen molar-refractivity contribution in [1.29, 1.82) is 0 Å². The molecule has 1 aromatic heterocycles. The molecule has 0 saturated carbocycles. The summed E-state index contributed by atoms with van der Waals surface area (Å²) in [4.78, 5) is 24.3. The summed E-state index contributed by atoms with van der Waals surface area (Å²) in [5, 5.41) is 6.29. The van der Waals surface area contributed by atoms with Crippen LogP contribution in [0.2, 0.25) is 0 Å². The Labute approximate surface area is 194 Å². The predicted octanol–water partition coefficient (Wildman–Crippen LogP) is 4.42. The Morgan fingerprint density at radius 1 is 1.15 bits per heavy atom. The number of benzene rings is 2. The van der Waals surface area contributed by atoms with Crippen LogP contribution in [-0.2, 0) is 17.6 Å². The summed E-state index contributed by atoms with van der Waals surface area (Å²) < 4.78 is 5.31. The van der Waals surface area contributed by atoms with E-state index >= 15 is 0 Å². The van der Waals surface area contributed by atoms with Gasteiger partial charge in [-0.15, -0.1) is 0 Å². The predicted molar refractivity (Wildman–Crippen MR) is 130 cm³/mol. The first-order valence-corrected chi connectivity index (χ1v) is 11.6. The number of methoxy groups -OCH3 is 1. The van der Waals surface area contributed by atoms with E-state index in [1.807, 2.05) is 30.3 Å². The zero-order valence-corrected chi connectivity index (χ0v) is 18.9. The highest BCUT2D eigenvalue weighted by atomic mass is 16.5. The molecule has 7 nitrogen and oxygen atoms in total. The molecule has 1 saturated heterocycles. The van der Waals surface area contributed by atoms with Crippen LogP contribution in [0.1, 0.15) is 30.4 Å². The lowest BCUT2D eigenvalue weighted by molar-refractivity contribution is -0.115. The molecular formula is C26H29N5O2. The van der Waals surface area contributed by atoms with E-state index in [1.165, 1.54) is 31.5 Å². The van der Waals surface area contributed by atoms with Crippen molar-refractivity contribution < 1.29 is 9.53 Å². The molecule has 0 aliphatic carbocycles. The number of aryl methyl sites for hydroxylation is 1. The van der Waals surface area contributed by atoms with Gasteiger partial charge in [-0.1, -0.05) is 12.1 Å². The van der Waals surface area contributed by atoms with E-state index < -0.39 is 0 Å². The Morgan fingerprint density at radius 2 is 2.03 bits per heavy atom. The number of carbonyl (C=O) groups is 1. The fourth-order valence-corrected chi connectivity index (χ4v) is 4.59. The molecular weight excluding hydrogens is 414 g/mol. The SMILES string of the molecule is COc1cccc(Nc2ncc3c(n2)-c2cc(CCCN4CCCC4)ccc2NC(=O)C3)c1. The fraction of sp³-hybridized carbons (Fsp3) is 0.346. The van der Waals surface area contributed by atoms with Gasteiger partial charge in [0.15, 0.2) is 0 Å². The summed E-state index contributed by atoms with van der Waals surface area (Å²) in [6.07, 6.45) is 6.78. The van der Waals surface area contributed by atoms with Crippen LogP contribution in [0.5, 0.6) is 5.75 Å². The number of fused-ring (bicyclic) bond motifs is 3. The van der Waals surface area contributed by atoms with E-state index in [1.54, 1.807) is 13.3 Å². The maximum absolute atomic E-state index is 12.5. The van der Waals surface area contributed by atoms with Gasteiger partial charge >= 0.3 is 0 Å². The molecule has 0 unspecified atom stereocenters. The molecule has 7 heteroatoms. The Kier molecular flexibility index (Phi) is 6.21. The lowest BCUT2D eigenvalue weighted by atomic mass is 10.00. The largest absolute Gasteiger partial charge is 0.497 e. The summed E-state index contributed by atoms with van der Waals surface area (Å²) in [7, 11) is 1.64. The van der Waals surface area contributed by atoms with Gasteiger partial charge in [0.1, 0.15) is 5.75 Å². The summed E-state index contributed by atoms with van der Waals surface area (Å²) in [5.74, 6) is 1.20. The highest BCUT2D eigenvalue weighted by molar-refractivity contribution is 6.00. The zero-order chi connectivity index (χ0) is 22.6. The second-order valence-electron chi connectivity index (χ2n) is 8.68. The van der Waals surface area contributed by atoms with Crippen molar-refractivity contribution >= 4 is 23.2 Å². The van der Waals surface area contributed by atoms with Gasteiger partial charge in [-0.05, 0) is 75.1 Å². The number of likely N-dealkylation sites (tertiary alicyclic amines) is 1. The van der Waals surface area contributed by atoms with Crippen molar-refractivity contribution in [3.8, 4) is 17.0 Å². The second kappa shape index (κ2) is 9.58. The Morgan fingerprint density at radius 3 is 2.88 bits per heavy atom. The van der Waals surface area contributed by atoms with Crippen LogP contribution in [-0.4, -0.2) is 47.5 Å². The summed E-state index contributed by atoms with van der Waals surface area (Å²) >= 11 is 0. The first-order valence-electron chi connectivity index (χ1n) is 11.6. The lowest BCUT2D eigenvalue weighted by Gasteiger charge is -2.15. The fourth-order valence-electron chi connectivity index (χ4n) is 4.59. The van der Waals surface area contributed by atoms with Crippen LogP contribution < -0.4 is 15.4 Å². The smallest absolute Gasteiger partial charge is 0.228 e.